The van der Waals surface area contributed by atoms with Crippen LogP contribution in [0.25, 0.3) is 0 Å². The van der Waals surface area contributed by atoms with Gasteiger partial charge in [0.2, 0.25) is 0 Å². The lowest BCUT2D eigenvalue weighted by Gasteiger charge is -2.53. The Hall–Kier alpha value is -0.0800. The van der Waals surface area contributed by atoms with Gasteiger partial charge in [0.1, 0.15) is 0 Å². The molecular formula is C13H26N2. The van der Waals surface area contributed by atoms with Gasteiger partial charge < -0.3 is 5.32 Å². The Morgan fingerprint density at radius 2 is 2.13 bits per heavy atom. The van der Waals surface area contributed by atoms with Gasteiger partial charge in [-0.2, -0.15) is 0 Å². The van der Waals surface area contributed by atoms with Crippen LogP contribution in [0, 0.1) is 0 Å². The summed E-state index contributed by atoms with van der Waals surface area (Å²) in [7, 11) is 0. The van der Waals surface area contributed by atoms with E-state index in [4.69, 9.17) is 0 Å². The van der Waals surface area contributed by atoms with E-state index in [9.17, 15) is 0 Å². The molecule has 2 fully saturated rings. The highest BCUT2D eigenvalue weighted by Crippen LogP contribution is 2.40. The van der Waals surface area contributed by atoms with Crippen molar-refractivity contribution in [1.29, 1.82) is 0 Å². The fraction of sp³-hybridized carbons (Fsp3) is 1.00. The summed E-state index contributed by atoms with van der Waals surface area (Å²) in [6, 6.07) is 1.54. The van der Waals surface area contributed by atoms with Crippen molar-refractivity contribution in [1.82, 2.24) is 10.2 Å². The third kappa shape index (κ3) is 2.21. The van der Waals surface area contributed by atoms with E-state index in [2.05, 4.69) is 31.0 Å². The molecular weight excluding hydrogens is 184 g/mol. The van der Waals surface area contributed by atoms with Crippen molar-refractivity contribution in [2.75, 3.05) is 13.1 Å². The second kappa shape index (κ2) is 4.42. The van der Waals surface area contributed by atoms with Crippen LogP contribution in [0.4, 0.5) is 0 Å². The summed E-state index contributed by atoms with van der Waals surface area (Å²) < 4.78 is 0. The Morgan fingerprint density at radius 3 is 2.60 bits per heavy atom. The number of hydrogen-bond acceptors (Lipinski definition) is 2. The van der Waals surface area contributed by atoms with E-state index in [0.29, 0.717) is 5.54 Å². The molecule has 0 bridgehead atoms. The maximum atomic E-state index is 3.60. The summed E-state index contributed by atoms with van der Waals surface area (Å²) >= 11 is 0. The summed E-state index contributed by atoms with van der Waals surface area (Å²) in [5.74, 6) is 0. The van der Waals surface area contributed by atoms with E-state index in [1.54, 1.807) is 0 Å². The van der Waals surface area contributed by atoms with E-state index >= 15 is 0 Å². The fourth-order valence-electron chi connectivity index (χ4n) is 3.42. The number of likely N-dealkylation sites (tertiary alicyclic amines) is 1. The quantitative estimate of drug-likeness (QED) is 0.769. The van der Waals surface area contributed by atoms with Crippen LogP contribution in [0.3, 0.4) is 0 Å². The standard InChI is InChI=1S/C13H26N2/c1-4-14-12-6-9-15(11(2)10-12)13(3)7-5-8-13/h11-12,14H,4-10H2,1-3H3. The first kappa shape index (κ1) is 11.4. The van der Waals surface area contributed by atoms with Gasteiger partial charge in [0.15, 0.2) is 0 Å². The van der Waals surface area contributed by atoms with Gasteiger partial charge in [0.25, 0.3) is 0 Å². The SMILES string of the molecule is CCNC1CCN(C2(C)CCC2)C(C)C1. The summed E-state index contributed by atoms with van der Waals surface area (Å²) in [4.78, 5) is 2.77. The zero-order valence-electron chi connectivity index (χ0n) is 10.6. The van der Waals surface area contributed by atoms with Gasteiger partial charge in [-0.1, -0.05) is 6.92 Å². The Labute approximate surface area is 94.4 Å². The third-order valence-corrected chi connectivity index (χ3v) is 4.49. The molecule has 0 aromatic heterocycles. The van der Waals surface area contributed by atoms with E-state index in [-0.39, 0.29) is 0 Å². The predicted octanol–water partition coefficient (Wildman–Crippen LogP) is 2.39. The first-order valence-corrected chi connectivity index (χ1v) is 6.66. The third-order valence-electron chi connectivity index (χ3n) is 4.49. The summed E-state index contributed by atoms with van der Waals surface area (Å²) in [6.07, 6.45) is 6.96. The summed E-state index contributed by atoms with van der Waals surface area (Å²) in [5.41, 5.74) is 0.552. The largest absolute Gasteiger partial charge is 0.314 e. The molecule has 0 aromatic rings. The first-order chi connectivity index (χ1) is 7.15. The van der Waals surface area contributed by atoms with Crippen LogP contribution in [0.15, 0.2) is 0 Å². The van der Waals surface area contributed by atoms with E-state index in [0.717, 1.165) is 18.6 Å². The van der Waals surface area contributed by atoms with Gasteiger partial charge in [-0.05, 0) is 52.5 Å². The van der Waals surface area contributed by atoms with Crippen LogP contribution >= 0.6 is 0 Å². The lowest BCUT2D eigenvalue weighted by Crippen LogP contribution is -2.59. The number of nitrogens with one attached hydrogen (secondary N) is 1. The molecule has 2 nitrogen and oxygen atoms in total. The lowest BCUT2D eigenvalue weighted by atomic mass is 9.75. The number of nitrogens with zero attached hydrogens (tertiary/aromatic N) is 1. The Morgan fingerprint density at radius 1 is 1.40 bits per heavy atom. The van der Waals surface area contributed by atoms with Crippen molar-refractivity contribution in [2.45, 2.75) is 70.5 Å². The normalized spacial score (nSPS) is 36.2. The molecule has 0 spiro atoms. The van der Waals surface area contributed by atoms with Gasteiger partial charge in [-0.3, -0.25) is 4.90 Å². The molecule has 2 rings (SSSR count). The van der Waals surface area contributed by atoms with Crippen LogP contribution in [-0.2, 0) is 0 Å². The lowest BCUT2D eigenvalue weighted by molar-refractivity contribution is -0.0232. The van der Waals surface area contributed by atoms with E-state index in [1.165, 1.54) is 38.6 Å². The molecule has 1 heterocycles. The molecule has 2 unspecified atom stereocenters. The Bertz CT molecular complexity index is 211. The average Bonchev–Trinajstić information content (AvgIpc) is 2.15. The maximum Gasteiger partial charge on any atom is 0.0184 e. The van der Waals surface area contributed by atoms with Gasteiger partial charge in [0, 0.05) is 24.2 Å². The highest BCUT2D eigenvalue weighted by molar-refractivity contribution is 4.98. The van der Waals surface area contributed by atoms with Gasteiger partial charge in [-0.15, -0.1) is 0 Å². The highest BCUT2D eigenvalue weighted by atomic mass is 15.2. The van der Waals surface area contributed by atoms with Crippen LogP contribution in [0.2, 0.25) is 0 Å². The number of piperidine rings is 1. The van der Waals surface area contributed by atoms with Crippen molar-refractivity contribution in [3.8, 4) is 0 Å². The van der Waals surface area contributed by atoms with Crippen LogP contribution < -0.4 is 5.32 Å². The van der Waals surface area contributed by atoms with E-state index in [1.807, 2.05) is 0 Å². The molecule has 2 aliphatic rings. The number of hydrogen-bond donors (Lipinski definition) is 1. The molecule has 0 amide bonds. The number of rotatable bonds is 3. The monoisotopic (exact) mass is 210 g/mol. The minimum Gasteiger partial charge on any atom is -0.314 e. The molecule has 2 heteroatoms. The predicted molar refractivity (Wildman–Crippen MR) is 65.1 cm³/mol. The zero-order chi connectivity index (χ0) is 10.9. The minimum absolute atomic E-state index is 0.552. The molecule has 0 aromatic carbocycles. The summed E-state index contributed by atoms with van der Waals surface area (Å²) in [6.45, 7) is 9.50. The first-order valence-electron chi connectivity index (χ1n) is 6.66. The van der Waals surface area contributed by atoms with Crippen LogP contribution in [0.5, 0.6) is 0 Å². The Balaban J connectivity index is 1.89. The van der Waals surface area contributed by atoms with Crippen molar-refractivity contribution < 1.29 is 0 Å². The smallest absolute Gasteiger partial charge is 0.0184 e. The van der Waals surface area contributed by atoms with Crippen LogP contribution in [-0.4, -0.2) is 35.6 Å². The fourth-order valence-corrected chi connectivity index (χ4v) is 3.42. The molecule has 15 heavy (non-hydrogen) atoms. The average molecular weight is 210 g/mol. The molecule has 88 valence electrons. The molecule has 1 aliphatic carbocycles. The molecule has 0 radical (unpaired) electrons. The van der Waals surface area contributed by atoms with Crippen molar-refractivity contribution in [3.63, 3.8) is 0 Å². The zero-order valence-corrected chi connectivity index (χ0v) is 10.6. The maximum absolute atomic E-state index is 3.60. The Kier molecular flexibility index (Phi) is 3.36. The second-order valence-corrected chi connectivity index (χ2v) is 5.67. The van der Waals surface area contributed by atoms with E-state index < -0.39 is 0 Å². The van der Waals surface area contributed by atoms with Crippen LogP contribution in [0.1, 0.15) is 52.9 Å². The molecule has 1 saturated carbocycles. The van der Waals surface area contributed by atoms with Gasteiger partial charge in [-0.25, -0.2) is 0 Å². The minimum atomic E-state index is 0.552. The highest BCUT2D eigenvalue weighted by Gasteiger charge is 2.41. The van der Waals surface area contributed by atoms with Crippen molar-refractivity contribution >= 4 is 0 Å². The van der Waals surface area contributed by atoms with Gasteiger partial charge >= 0.3 is 0 Å². The molecule has 1 saturated heterocycles. The van der Waals surface area contributed by atoms with Crippen molar-refractivity contribution in [3.05, 3.63) is 0 Å². The van der Waals surface area contributed by atoms with Gasteiger partial charge in [0.05, 0.1) is 0 Å². The molecule has 2 atom stereocenters. The molecule has 1 N–H and O–H groups in total. The topological polar surface area (TPSA) is 15.3 Å². The summed E-state index contributed by atoms with van der Waals surface area (Å²) in [5, 5.41) is 3.60. The second-order valence-electron chi connectivity index (χ2n) is 5.67. The molecule has 1 aliphatic heterocycles. The van der Waals surface area contributed by atoms with Crippen molar-refractivity contribution in [2.24, 2.45) is 0 Å².